The summed E-state index contributed by atoms with van der Waals surface area (Å²) in [6.45, 7) is 9.03. The van der Waals surface area contributed by atoms with Crippen molar-refractivity contribution in [1.29, 1.82) is 0 Å². The van der Waals surface area contributed by atoms with E-state index in [9.17, 15) is 0 Å². The minimum absolute atomic E-state index is 0.315. The van der Waals surface area contributed by atoms with Gasteiger partial charge in [-0.25, -0.2) is 0 Å². The van der Waals surface area contributed by atoms with Crippen LogP contribution < -0.4 is 5.32 Å². The lowest BCUT2D eigenvalue weighted by atomic mass is 9.74. The van der Waals surface area contributed by atoms with E-state index in [2.05, 4.69) is 42.8 Å². The Hall–Kier alpha value is -0.540. The van der Waals surface area contributed by atoms with Crippen molar-refractivity contribution in [2.75, 3.05) is 7.05 Å². The Balaban J connectivity index is 2.16. The van der Waals surface area contributed by atoms with Gasteiger partial charge in [-0.05, 0) is 64.3 Å². The first-order valence-electron chi connectivity index (χ1n) is 8.35. The van der Waals surface area contributed by atoms with E-state index in [-0.39, 0.29) is 0 Å². The molecule has 21 heavy (non-hydrogen) atoms. The van der Waals surface area contributed by atoms with Crippen LogP contribution in [0.4, 0.5) is 0 Å². The Kier molecular flexibility index (Phi) is 5.73. The summed E-state index contributed by atoms with van der Waals surface area (Å²) < 4.78 is 2.08. The molecular formula is C17H30ClN3. The zero-order valence-electron chi connectivity index (χ0n) is 14.1. The minimum Gasteiger partial charge on any atom is -0.311 e. The van der Waals surface area contributed by atoms with Crippen LogP contribution >= 0.6 is 11.6 Å². The molecule has 120 valence electrons. The third-order valence-electron chi connectivity index (χ3n) is 5.11. The number of hydrogen-bond donors (Lipinski definition) is 1. The normalized spacial score (nSPS) is 24.8. The Morgan fingerprint density at radius 1 is 1.14 bits per heavy atom. The van der Waals surface area contributed by atoms with E-state index >= 15 is 0 Å². The molecule has 0 saturated heterocycles. The summed E-state index contributed by atoms with van der Waals surface area (Å²) in [6, 6.07) is 0.658. The fourth-order valence-electron chi connectivity index (χ4n) is 3.79. The molecule has 1 aliphatic carbocycles. The molecule has 1 aromatic rings. The molecule has 0 spiro atoms. The number of hydrogen-bond acceptors (Lipinski definition) is 2. The van der Waals surface area contributed by atoms with Gasteiger partial charge >= 0.3 is 0 Å². The molecule has 4 heteroatoms. The first-order valence-corrected chi connectivity index (χ1v) is 8.73. The second-order valence-electron chi connectivity index (χ2n) is 7.10. The Morgan fingerprint density at radius 3 is 2.19 bits per heavy atom. The van der Waals surface area contributed by atoms with E-state index in [0.717, 1.165) is 16.9 Å². The van der Waals surface area contributed by atoms with Crippen LogP contribution in [0.1, 0.15) is 71.2 Å². The molecule has 1 N–H and O–H groups in total. The van der Waals surface area contributed by atoms with Gasteiger partial charge in [0, 0.05) is 6.04 Å². The molecule has 0 radical (unpaired) electrons. The van der Waals surface area contributed by atoms with Crippen molar-refractivity contribution in [2.24, 2.45) is 17.8 Å². The van der Waals surface area contributed by atoms with Gasteiger partial charge in [-0.1, -0.05) is 25.4 Å². The van der Waals surface area contributed by atoms with E-state index in [1.54, 1.807) is 6.20 Å². The van der Waals surface area contributed by atoms with Gasteiger partial charge < -0.3 is 5.32 Å². The zero-order valence-corrected chi connectivity index (χ0v) is 14.8. The molecule has 1 heterocycles. The fourth-order valence-corrected chi connectivity index (χ4v) is 4.04. The predicted molar refractivity (Wildman–Crippen MR) is 89.7 cm³/mol. The zero-order chi connectivity index (χ0) is 15.6. The molecule has 0 aromatic carbocycles. The van der Waals surface area contributed by atoms with Crippen LogP contribution in [0, 0.1) is 17.8 Å². The molecular weight excluding hydrogens is 282 g/mol. The molecule has 1 saturated carbocycles. The predicted octanol–water partition coefficient (Wildman–Crippen LogP) is 4.84. The summed E-state index contributed by atoms with van der Waals surface area (Å²) in [5, 5.41) is 8.78. The summed E-state index contributed by atoms with van der Waals surface area (Å²) in [4.78, 5) is 0. The van der Waals surface area contributed by atoms with Gasteiger partial charge in [-0.2, -0.15) is 5.10 Å². The van der Waals surface area contributed by atoms with Gasteiger partial charge in [0.15, 0.2) is 0 Å². The van der Waals surface area contributed by atoms with E-state index in [4.69, 9.17) is 11.6 Å². The van der Waals surface area contributed by atoms with Crippen LogP contribution in [0.5, 0.6) is 0 Å². The van der Waals surface area contributed by atoms with Crippen molar-refractivity contribution >= 4 is 11.6 Å². The highest BCUT2D eigenvalue weighted by Crippen LogP contribution is 2.41. The summed E-state index contributed by atoms with van der Waals surface area (Å²) in [5.74, 6) is 2.37. The van der Waals surface area contributed by atoms with Crippen molar-refractivity contribution in [3.8, 4) is 0 Å². The standard InChI is InChI=1S/C17H30ClN3/c1-11(2)13-6-8-14(9-7-13)16(19-5)17-15(18)10-20-21(17)12(3)4/h10-14,16,19H,6-9H2,1-5H3. The highest BCUT2D eigenvalue weighted by atomic mass is 35.5. The summed E-state index contributed by atoms with van der Waals surface area (Å²) in [6.07, 6.45) is 7.05. The minimum atomic E-state index is 0.315. The van der Waals surface area contributed by atoms with Gasteiger partial charge in [0.1, 0.15) is 0 Å². The van der Waals surface area contributed by atoms with Crippen molar-refractivity contribution in [3.05, 3.63) is 16.9 Å². The number of aromatic nitrogens is 2. The first-order chi connectivity index (χ1) is 9.95. The third-order valence-corrected chi connectivity index (χ3v) is 5.40. The molecule has 1 aliphatic rings. The Morgan fingerprint density at radius 2 is 1.71 bits per heavy atom. The SMILES string of the molecule is CNC(c1c(Cl)cnn1C(C)C)C1CCC(C(C)C)CC1. The average molecular weight is 312 g/mol. The third kappa shape index (κ3) is 3.62. The van der Waals surface area contributed by atoms with Crippen LogP contribution in [0.3, 0.4) is 0 Å². The van der Waals surface area contributed by atoms with Gasteiger partial charge in [0.2, 0.25) is 0 Å². The number of nitrogens with one attached hydrogen (secondary N) is 1. The van der Waals surface area contributed by atoms with Crippen LogP contribution in [0.2, 0.25) is 5.02 Å². The molecule has 1 aromatic heterocycles. The smallest absolute Gasteiger partial charge is 0.0834 e. The van der Waals surface area contributed by atoms with Crippen LogP contribution in [-0.4, -0.2) is 16.8 Å². The average Bonchev–Trinajstić information content (AvgIpc) is 2.83. The van der Waals surface area contributed by atoms with Crippen LogP contribution in [0.25, 0.3) is 0 Å². The quantitative estimate of drug-likeness (QED) is 0.843. The number of halogens is 1. The monoisotopic (exact) mass is 311 g/mol. The molecule has 0 bridgehead atoms. The highest BCUT2D eigenvalue weighted by Gasteiger charge is 2.32. The van der Waals surface area contributed by atoms with Gasteiger partial charge in [-0.15, -0.1) is 0 Å². The van der Waals surface area contributed by atoms with Gasteiger partial charge in [-0.3, -0.25) is 4.68 Å². The van der Waals surface area contributed by atoms with Crippen molar-refractivity contribution in [2.45, 2.75) is 65.5 Å². The largest absolute Gasteiger partial charge is 0.311 e. The van der Waals surface area contributed by atoms with Crippen LogP contribution in [-0.2, 0) is 0 Å². The maximum absolute atomic E-state index is 6.44. The number of rotatable bonds is 5. The Bertz CT molecular complexity index is 445. The lowest BCUT2D eigenvalue weighted by Gasteiger charge is -2.36. The topological polar surface area (TPSA) is 29.9 Å². The van der Waals surface area contributed by atoms with Crippen molar-refractivity contribution in [1.82, 2.24) is 15.1 Å². The lowest BCUT2D eigenvalue weighted by Crippen LogP contribution is -2.32. The first kappa shape index (κ1) is 16.8. The second-order valence-corrected chi connectivity index (χ2v) is 7.51. The molecule has 0 aliphatic heterocycles. The van der Waals surface area contributed by atoms with Gasteiger partial charge in [0.05, 0.1) is 23.0 Å². The van der Waals surface area contributed by atoms with Crippen LogP contribution in [0.15, 0.2) is 6.20 Å². The molecule has 1 atom stereocenters. The highest BCUT2D eigenvalue weighted by molar-refractivity contribution is 6.31. The van der Waals surface area contributed by atoms with Crippen molar-refractivity contribution in [3.63, 3.8) is 0 Å². The van der Waals surface area contributed by atoms with Crippen molar-refractivity contribution < 1.29 is 0 Å². The summed E-state index contributed by atoms with van der Waals surface area (Å²) >= 11 is 6.44. The maximum atomic E-state index is 6.44. The molecule has 2 rings (SSSR count). The fraction of sp³-hybridized carbons (Fsp3) is 0.824. The number of nitrogens with zero attached hydrogens (tertiary/aromatic N) is 2. The van der Waals surface area contributed by atoms with Gasteiger partial charge in [0.25, 0.3) is 0 Å². The van der Waals surface area contributed by atoms with E-state index in [1.165, 1.54) is 31.4 Å². The molecule has 1 unspecified atom stereocenters. The summed E-state index contributed by atoms with van der Waals surface area (Å²) in [7, 11) is 2.05. The summed E-state index contributed by atoms with van der Waals surface area (Å²) in [5.41, 5.74) is 1.17. The maximum Gasteiger partial charge on any atom is 0.0834 e. The Labute approximate surface area is 134 Å². The second kappa shape index (κ2) is 7.15. The molecule has 3 nitrogen and oxygen atoms in total. The molecule has 1 fully saturated rings. The van der Waals surface area contributed by atoms with E-state index in [1.807, 2.05) is 7.05 Å². The molecule has 0 amide bonds. The van der Waals surface area contributed by atoms with E-state index < -0.39 is 0 Å². The van der Waals surface area contributed by atoms with E-state index in [0.29, 0.717) is 18.0 Å². The lowest BCUT2D eigenvalue weighted by molar-refractivity contribution is 0.188.